The van der Waals surface area contributed by atoms with Crippen molar-refractivity contribution in [1.82, 2.24) is 39.9 Å². The van der Waals surface area contributed by atoms with Crippen LogP contribution in [0, 0.1) is 148 Å². The molecule has 10 heteroatoms. The molecule has 574 valence electrons. The molecule has 8 nitrogen and oxygen atoms in total. The third-order valence-electron chi connectivity index (χ3n) is 23.6. The minimum Gasteiger partial charge on any atom is -0.657 e. The van der Waals surface area contributed by atoms with Crippen LogP contribution in [0.1, 0.15) is 157 Å². The van der Waals surface area contributed by atoms with Crippen LogP contribution in [0.25, 0.3) is 182 Å². The molecule has 18 rings (SSSR count). The molecule has 0 N–H and O–H groups in total. The van der Waals surface area contributed by atoms with Gasteiger partial charge in [0.2, 0.25) is 0 Å². The Labute approximate surface area is 729 Å². The average molecular weight is 1650 g/mol. The quantitative estimate of drug-likeness (QED) is 0.109. The first-order valence-electron chi connectivity index (χ1n) is 40.7. The summed E-state index contributed by atoms with van der Waals surface area (Å²) in [5.41, 5.74) is 52.3. The van der Waals surface area contributed by atoms with Crippen molar-refractivity contribution in [3.05, 3.63) is 327 Å². The monoisotopic (exact) mass is 1650 g/mol. The third-order valence-corrected chi connectivity index (χ3v) is 23.6. The fraction of sp³-hybridized carbons (Fsp3) is 0.164. The van der Waals surface area contributed by atoms with E-state index < -0.39 is 0 Å². The van der Waals surface area contributed by atoms with Crippen LogP contribution >= 0.6 is 0 Å². The second-order valence-electron chi connectivity index (χ2n) is 33.0. The van der Waals surface area contributed by atoms with E-state index in [1.807, 2.05) is 0 Å². The van der Waals surface area contributed by atoms with Gasteiger partial charge in [-0.15, -0.1) is 44.1 Å². The fourth-order valence-electron chi connectivity index (χ4n) is 19.4. The summed E-state index contributed by atoms with van der Waals surface area (Å²) in [7, 11) is 0. The maximum atomic E-state index is 5.67. The van der Waals surface area contributed by atoms with E-state index in [0.29, 0.717) is 0 Å². The van der Waals surface area contributed by atoms with Gasteiger partial charge in [-0.3, -0.25) is 0 Å². The Morgan fingerprint density at radius 2 is 0.333 bits per heavy atom. The molecule has 0 aliphatic carbocycles. The minimum atomic E-state index is 0. The van der Waals surface area contributed by atoms with Gasteiger partial charge in [-0.2, -0.15) is 0 Å². The number of aromatic nitrogens is 8. The molecule has 0 atom stereocenters. The van der Waals surface area contributed by atoms with Crippen LogP contribution in [-0.4, -0.2) is 19.9 Å². The second kappa shape index (κ2) is 32.2. The van der Waals surface area contributed by atoms with Gasteiger partial charge in [-0.1, -0.05) is 191 Å². The molecule has 0 saturated carbocycles. The Bertz CT molecular complexity index is 6680. The molecule has 0 amide bonds. The minimum absolute atomic E-state index is 0. The maximum Gasteiger partial charge on any atom is 2.00 e. The second-order valence-corrected chi connectivity index (χ2v) is 33.0. The van der Waals surface area contributed by atoms with Crippen molar-refractivity contribution < 1.29 is 39.0 Å². The Morgan fingerprint density at radius 1 is 0.183 bits per heavy atom. The molecular formula is C110H90N8Zn2. The normalized spacial score (nSPS) is 11.8. The summed E-state index contributed by atoms with van der Waals surface area (Å²) in [5.74, 6) is 13.2. The number of hydrogen-bond donors (Lipinski definition) is 0. The summed E-state index contributed by atoms with van der Waals surface area (Å²) in [6, 6.07) is 61.2. The number of aryl methyl sites for hydroxylation is 18. The topological polar surface area (TPSA) is 108 Å². The summed E-state index contributed by atoms with van der Waals surface area (Å²) < 4.78 is 0. The van der Waals surface area contributed by atoms with Crippen molar-refractivity contribution in [1.29, 1.82) is 0 Å². The van der Waals surface area contributed by atoms with Crippen molar-refractivity contribution in [3.63, 3.8) is 0 Å². The van der Waals surface area contributed by atoms with Crippen LogP contribution in [0.4, 0.5) is 0 Å². The van der Waals surface area contributed by atoms with E-state index >= 15 is 0 Å². The molecule has 4 aliphatic heterocycles. The Morgan fingerprint density at radius 3 is 0.500 bits per heavy atom. The van der Waals surface area contributed by atoms with E-state index in [1.54, 1.807) is 0 Å². The molecule has 0 fully saturated rings. The van der Waals surface area contributed by atoms with Crippen LogP contribution < -0.4 is 19.9 Å². The molecule has 0 unspecified atom stereocenters. The number of fused-ring (bicyclic) bond motifs is 16. The van der Waals surface area contributed by atoms with Crippen LogP contribution in [0.2, 0.25) is 0 Å². The van der Waals surface area contributed by atoms with Crippen LogP contribution in [0.3, 0.4) is 0 Å². The molecule has 10 heterocycles. The van der Waals surface area contributed by atoms with Gasteiger partial charge in [0.25, 0.3) is 0 Å². The predicted octanol–water partition coefficient (Wildman–Crippen LogP) is 26.4. The molecule has 0 radical (unpaired) electrons. The van der Waals surface area contributed by atoms with Gasteiger partial charge in [-0.05, 0) is 365 Å². The SMILES string of the molecule is Cc1cc(C)c(-c2c3nc(c(-c4c(C)cc(C)cc4C)c4ccc([n-]4)c(-c4c(C)cc(C)cc4C)c4nc(c(-c5ccc(C#CC#Cc6ccc(-c7c8nc(c(-c9c(C)cc(C)cc9C)c9ccc([n-]9)c(-c9c(C)cc(C)cc9C)c9nc(c(-c%10c(C)cc(C)cc%10C)c%10ccc7[n-]%10)C=C9)C=C8)cc6)cc5)c5ccc2[n-]5)C=C4)C=C3)c(C)c1.[Zn+2].[Zn+2]. The summed E-state index contributed by atoms with van der Waals surface area (Å²) >= 11 is 0. The Balaban J connectivity index is 0.00000536. The first-order valence-corrected chi connectivity index (χ1v) is 40.7. The Hall–Kier alpha value is -12.7. The summed E-state index contributed by atoms with van der Waals surface area (Å²) in [6.45, 7) is 39.4. The number of nitrogens with zero attached hydrogens (tertiary/aromatic N) is 8. The van der Waals surface area contributed by atoms with E-state index in [9.17, 15) is 0 Å². The van der Waals surface area contributed by atoms with Crippen molar-refractivity contribution in [2.45, 2.75) is 125 Å². The van der Waals surface area contributed by atoms with Crippen molar-refractivity contribution >= 4 is 92.7 Å². The first kappa shape index (κ1) is 81.1. The molecule has 120 heavy (non-hydrogen) atoms. The van der Waals surface area contributed by atoms with Gasteiger partial charge in [0.05, 0.1) is 45.6 Å². The number of benzene rings is 8. The predicted molar refractivity (Wildman–Crippen MR) is 496 cm³/mol. The molecule has 0 spiro atoms. The zero-order chi connectivity index (χ0) is 82.0. The third kappa shape index (κ3) is 14.8. The number of rotatable bonds is 8. The van der Waals surface area contributed by atoms with Gasteiger partial charge in [0, 0.05) is 11.1 Å². The van der Waals surface area contributed by atoms with Crippen LogP contribution in [0.5, 0.6) is 0 Å². The molecule has 8 aromatic carbocycles. The summed E-state index contributed by atoms with van der Waals surface area (Å²) in [5, 5.41) is 0. The smallest absolute Gasteiger partial charge is 0.657 e. The van der Waals surface area contributed by atoms with E-state index in [0.717, 1.165) is 234 Å². The van der Waals surface area contributed by atoms with Crippen molar-refractivity contribution in [3.8, 4) is 113 Å². The standard InChI is InChI=1S/C110H90N8.2Zn/c1-59-47-65(7)97(66(8)48-59)105-85-35-31-81(111-85)103(82-32-36-86(112-82)106(98-67(9)49-60(2)50-68(98)10)90-40-44-94(116-90)109(93-43-39-89(105)115-93)101-73(15)55-63(5)56-74(101)16)79-27-23-77(24-28-79)21-19-20-22-78-25-29-80(30-26-78)104-83-33-37-87(113-83)107(99-69(11)51-61(3)52-70(99)12)91-41-45-95(117-91)110(102-75(17)57-64(6)58-76(102)18)96-46-42-92(118-96)108(88-38-34-84(104)114-88)100-71(13)53-62(4)54-72(100)14;;/h23-58H,1-18H3;;/q-4;2*+2. The molecule has 16 bridgehead atoms. The van der Waals surface area contributed by atoms with Gasteiger partial charge < -0.3 is 19.9 Å². The Kier molecular flexibility index (Phi) is 21.8. The van der Waals surface area contributed by atoms with E-state index in [4.69, 9.17) is 39.9 Å². The molecular weight excluding hydrogens is 1560 g/mol. The molecule has 0 saturated heterocycles. The van der Waals surface area contributed by atoms with E-state index in [2.05, 4.69) is 367 Å². The zero-order valence-electron chi connectivity index (χ0n) is 71.8. The van der Waals surface area contributed by atoms with Gasteiger partial charge >= 0.3 is 39.0 Å². The summed E-state index contributed by atoms with van der Waals surface area (Å²) in [4.78, 5) is 45.4. The van der Waals surface area contributed by atoms with E-state index in [-0.39, 0.29) is 39.0 Å². The van der Waals surface area contributed by atoms with Crippen LogP contribution in [0.15, 0.2) is 170 Å². The van der Waals surface area contributed by atoms with Gasteiger partial charge in [0.15, 0.2) is 0 Å². The average Bonchev–Trinajstić information content (AvgIpc) is 1.59. The van der Waals surface area contributed by atoms with Crippen molar-refractivity contribution in [2.75, 3.05) is 0 Å². The van der Waals surface area contributed by atoms with Gasteiger partial charge in [-0.25, -0.2) is 19.9 Å². The molecule has 14 aromatic rings. The first-order chi connectivity index (χ1) is 56.8. The van der Waals surface area contributed by atoms with E-state index in [1.165, 1.54) is 55.6 Å². The van der Waals surface area contributed by atoms with Crippen molar-refractivity contribution in [2.24, 2.45) is 0 Å². The largest absolute Gasteiger partial charge is 2.00 e. The maximum absolute atomic E-state index is 5.67. The number of hydrogen-bond acceptors (Lipinski definition) is 4. The fourth-order valence-corrected chi connectivity index (χ4v) is 19.4. The van der Waals surface area contributed by atoms with Crippen LogP contribution in [-0.2, 0) is 39.0 Å². The van der Waals surface area contributed by atoms with Gasteiger partial charge in [0.1, 0.15) is 0 Å². The summed E-state index contributed by atoms with van der Waals surface area (Å²) in [6.07, 6.45) is 17.3. The molecule has 6 aromatic heterocycles. The molecule has 4 aliphatic rings. The zero-order valence-corrected chi connectivity index (χ0v) is 77.7.